The van der Waals surface area contributed by atoms with Crippen LogP contribution >= 0.6 is 0 Å². The maximum absolute atomic E-state index is 14.8. The lowest BCUT2D eigenvalue weighted by atomic mass is 9.79. The van der Waals surface area contributed by atoms with E-state index in [1.54, 1.807) is 37.4 Å². The smallest absolute Gasteiger partial charge is 0.254 e. The Kier molecular flexibility index (Phi) is 6.80. The molecule has 1 heterocycles. The first-order chi connectivity index (χ1) is 14.8. The van der Waals surface area contributed by atoms with Gasteiger partial charge in [-0.2, -0.15) is 0 Å². The number of nitrogens with zero attached hydrogens (tertiary/aromatic N) is 2. The molecule has 0 spiro atoms. The molecule has 0 bridgehead atoms. The van der Waals surface area contributed by atoms with Crippen LogP contribution in [-0.4, -0.2) is 70.1 Å². The van der Waals surface area contributed by atoms with Gasteiger partial charge < -0.3 is 24.6 Å². The lowest BCUT2D eigenvalue weighted by Gasteiger charge is -2.40. The van der Waals surface area contributed by atoms with Crippen LogP contribution in [0.4, 0.5) is 4.39 Å². The molecule has 2 amide bonds. The Balaban J connectivity index is 2.16. The van der Waals surface area contributed by atoms with Gasteiger partial charge in [0.25, 0.3) is 5.91 Å². The molecule has 0 saturated heterocycles. The van der Waals surface area contributed by atoms with E-state index in [1.807, 2.05) is 19.0 Å². The highest BCUT2D eigenvalue weighted by Gasteiger charge is 2.44. The second-order valence-electron chi connectivity index (χ2n) is 7.75. The maximum Gasteiger partial charge on any atom is 0.254 e. The first-order valence-corrected chi connectivity index (χ1v) is 10.00. The van der Waals surface area contributed by atoms with Crippen LogP contribution in [-0.2, 0) is 4.79 Å². The summed E-state index contributed by atoms with van der Waals surface area (Å²) in [6, 6.07) is 8.63. The molecule has 31 heavy (non-hydrogen) atoms. The molecule has 3 rings (SSSR count). The Morgan fingerprint density at radius 1 is 1.13 bits per heavy atom. The van der Waals surface area contributed by atoms with Crippen molar-refractivity contribution in [1.82, 2.24) is 15.1 Å². The SMILES string of the molecule is COc1cc2c(cc1OC)[C@@H](C(=O)NCCN(C)C)[C@@H](c1ccccc1F)N(C)C2=O. The van der Waals surface area contributed by atoms with Gasteiger partial charge in [0.1, 0.15) is 5.82 Å². The fourth-order valence-electron chi connectivity index (χ4n) is 3.95. The lowest BCUT2D eigenvalue weighted by molar-refractivity contribution is -0.124. The van der Waals surface area contributed by atoms with Crippen molar-refractivity contribution in [2.45, 2.75) is 12.0 Å². The van der Waals surface area contributed by atoms with E-state index < -0.39 is 17.8 Å². The van der Waals surface area contributed by atoms with Gasteiger partial charge in [0.2, 0.25) is 5.91 Å². The van der Waals surface area contributed by atoms with Crippen molar-refractivity contribution in [2.75, 3.05) is 48.5 Å². The van der Waals surface area contributed by atoms with E-state index in [0.717, 1.165) is 0 Å². The molecule has 2 atom stereocenters. The summed E-state index contributed by atoms with van der Waals surface area (Å²) < 4.78 is 25.5. The fourth-order valence-corrected chi connectivity index (χ4v) is 3.95. The minimum absolute atomic E-state index is 0.284. The number of rotatable bonds is 7. The summed E-state index contributed by atoms with van der Waals surface area (Å²) in [5.74, 6) is -1.11. The van der Waals surface area contributed by atoms with Crippen molar-refractivity contribution in [3.63, 3.8) is 0 Å². The number of hydrogen-bond donors (Lipinski definition) is 1. The number of carbonyl (C=O) groups excluding carboxylic acids is 2. The summed E-state index contributed by atoms with van der Waals surface area (Å²) in [6.45, 7) is 1.07. The maximum atomic E-state index is 14.8. The molecule has 0 radical (unpaired) electrons. The van der Waals surface area contributed by atoms with E-state index in [9.17, 15) is 14.0 Å². The predicted octanol–water partition coefficient (Wildman–Crippen LogP) is 2.43. The average Bonchev–Trinajstić information content (AvgIpc) is 2.75. The van der Waals surface area contributed by atoms with Crippen LogP contribution in [0.15, 0.2) is 36.4 Å². The van der Waals surface area contributed by atoms with E-state index in [2.05, 4.69) is 5.32 Å². The largest absolute Gasteiger partial charge is 0.493 e. The third-order valence-electron chi connectivity index (χ3n) is 5.54. The molecule has 0 saturated carbocycles. The minimum Gasteiger partial charge on any atom is -0.493 e. The van der Waals surface area contributed by atoms with Crippen LogP contribution in [0.1, 0.15) is 33.4 Å². The Bertz CT molecular complexity index is 979. The van der Waals surface area contributed by atoms with Crippen molar-refractivity contribution < 1.29 is 23.5 Å². The molecule has 1 N–H and O–H groups in total. The number of carbonyl (C=O) groups is 2. The number of ether oxygens (including phenoxy) is 2. The van der Waals surface area contributed by atoms with Crippen molar-refractivity contribution in [1.29, 1.82) is 0 Å². The molecule has 7 nitrogen and oxygen atoms in total. The summed E-state index contributed by atoms with van der Waals surface area (Å²) in [6.07, 6.45) is 0. The molecule has 166 valence electrons. The highest BCUT2D eigenvalue weighted by atomic mass is 19.1. The first kappa shape index (κ1) is 22.6. The molecular formula is C23H28FN3O4. The molecule has 0 unspecified atom stereocenters. The van der Waals surface area contributed by atoms with Crippen molar-refractivity contribution in [2.24, 2.45) is 0 Å². The molecule has 8 heteroatoms. The Morgan fingerprint density at radius 3 is 2.39 bits per heavy atom. The number of benzene rings is 2. The Hall–Kier alpha value is -3.13. The molecule has 1 aliphatic heterocycles. The lowest BCUT2D eigenvalue weighted by Crippen LogP contribution is -2.46. The summed E-state index contributed by atoms with van der Waals surface area (Å²) in [7, 11) is 8.37. The zero-order valence-electron chi connectivity index (χ0n) is 18.4. The number of fused-ring (bicyclic) bond motifs is 1. The van der Waals surface area contributed by atoms with Gasteiger partial charge in [-0.3, -0.25) is 9.59 Å². The average molecular weight is 429 g/mol. The molecule has 0 aliphatic carbocycles. The minimum atomic E-state index is -0.823. The number of likely N-dealkylation sites (N-methyl/N-ethyl adjacent to an activating group) is 2. The van der Waals surface area contributed by atoms with Crippen molar-refractivity contribution in [3.8, 4) is 11.5 Å². The normalized spacial score (nSPS) is 18.0. The highest BCUT2D eigenvalue weighted by molar-refractivity contribution is 6.02. The van der Waals surface area contributed by atoms with Gasteiger partial charge in [-0.25, -0.2) is 4.39 Å². The van der Waals surface area contributed by atoms with Crippen molar-refractivity contribution in [3.05, 3.63) is 58.9 Å². The topological polar surface area (TPSA) is 71.1 Å². The number of hydrogen-bond acceptors (Lipinski definition) is 5. The summed E-state index contributed by atoms with van der Waals surface area (Å²) in [5.41, 5.74) is 1.10. The third-order valence-corrected chi connectivity index (χ3v) is 5.54. The molecule has 2 aromatic carbocycles. The standard InChI is InChI=1S/C23H28FN3O4/c1-26(2)11-10-25-22(28)20-15-12-18(30-4)19(31-5)13-16(15)23(29)27(3)21(20)14-8-6-7-9-17(14)24/h6-9,12-13,20-21H,10-11H2,1-5H3,(H,25,28)/t20-,21-/m1/s1. The predicted molar refractivity (Wildman–Crippen MR) is 115 cm³/mol. The van der Waals surface area contributed by atoms with Gasteiger partial charge in [-0.05, 0) is 37.9 Å². The molecule has 1 aliphatic rings. The number of nitrogens with one attached hydrogen (secondary N) is 1. The van der Waals surface area contributed by atoms with Gasteiger partial charge in [-0.1, -0.05) is 18.2 Å². The zero-order valence-corrected chi connectivity index (χ0v) is 18.4. The number of amides is 2. The Labute approximate surface area is 181 Å². The molecule has 2 aromatic rings. The number of methoxy groups -OCH3 is 2. The molecule has 0 fully saturated rings. The number of halogens is 1. The second-order valence-corrected chi connectivity index (χ2v) is 7.75. The van der Waals surface area contributed by atoms with E-state index >= 15 is 0 Å². The van der Waals surface area contributed by atoms with Gasteiger partial charge >= 0.3 is 0 Å². The van der Waals surface area contributed by atoms with Crippen molar-refractivity contribution >= 4 is 11.8 Å². The molecule has 0 aromatic heterocycles. The monoisotopic (exact) mass is 429 g/mol. The summed E-state index contributed by atoms with van der Waals surface area (Å²) in [5, 5.41) is 2.93. The van der Waals surface area contributed by atoms with Crippen LogP contribution in [0.25, 0.3) is 0 Å². The third kappa shape index (κ3) is 4.34. The van der Waals surface area contributed by atoms with E-state index in [0.29, 0.717) is 35.7 Å². The highest BCUT2D eigenvalue weighted by Crippen LogP contribution is 2.46. The van der Waals surface area contributed by atoms with Crippen LogP contribution in [0.3, 0.4) is 0 Å². The van der Waals surface area contributed by atoms with E-state index in [4.69, 9.17) is 9.47 Å². The molecular weight excluding hydrogens is 401 g/mol. The Morgan fingerprint density at radius 2 is 1.77 bits per heavy atom. The van der Waals surface area contributed by atoms with Gasteiger partial charge in [0, 0.05) is 31.3 Å². The van der Waals surface area contributed by atoms with Crippen LogP contribution < -0.4 is 14.8 Å². The summed E-state index contributed by atoms with van der Waals surface area (Å²) in [4.78, 5) is 30.0. The summed E-state index contributed by atoms with van der Waals surface area (Å²) >= 11 is 0. The fraction of sp³-hybridized carbons (Fsp3) is 0.391. The van der Waals surface area contributed by atoms with Gasteiger partial charge in [0.15, 0.2) is 11.5 Å². The first-order valence-electron chi connectivity index (χ1n) is 10.00. The van der Waals surface area contributed by atoms with Crippen LogP contribution in [0.5, 0.6) is 11.5 Å². The van der Waals surface area contributed by atoms with Crippen LogP contribution in [0.2, 0.25) is 0 Å². The van der Waals surface area contributed by atoms with E-state index in [-0.39, 0.29) is 17.4 Å². The second kappa shape index (κ2) is 9.34. The quantitative estimate of drug-likeness (QED) is 0.732. The van der Waals surface area contributed by atoms with E-state index in [1.165, 1.54) is 25.2 Å². The van der Waals surface area contributed by atoms with Gasteiger partial charge in [-0.15, -0.1) is 0 Å². The van der Waals surface area contributed by atoms with Gasteiger partial charge in [0.05, 0.1) is 26.2 Å². The zero-order chi connectivity index (χ0) is 22.7. The van der Waals surface area contributed by atoms with Crippen LogP contribution in [0, 0.1) is 5.82 Å².